The highest BCUT2D eigenvalue weighted by molar-refractivity contribution is 6.23. The molecule has 0 heterocycles. The van der Waals surface area contributed by atoms with Gasteiger partial charge in [-0.25, -0.2) is 0 Å². The molecular weight excluding hydrogens is 252 g/mol. The standard InChI is InChI=1S/C16H28N2O2/c1-10(2)6-12(18-9-11(3)17)15-13(19)7-16(4,5)8-14(15)20/h10-11,19H,6-9,17H2,1-5H3/t11-/m1/s1. The van der Waals surface area contributed by atoms with Crippen molar-refractivity contribution < 1.29 is 9.90 Å². The van der Waals surface area contributed by atoms with E-state index in [0.717, 1.165) is 5.71 Å². The van der Waals surface area contributed by atoms with Crippen molar-refractivity contribution in [2.45, 2.75) is 59.9 Å². The third-order valence-electron chi connectivity index (χ3n) is 3.31. The fraction of sp³-hybridized carbons (Fsp3) is 0.750. The van der Waals surface area contributed by atoms with Gasteiger partial charge in [-0.05, 0) is 24.7 Å². The summed E-state index contributed by atoms with van der Waals surface area (Å²) in [6.07, 6.45) is 1.68. The van der Waals surface area contributed by atoms with E-state index in [1.165, 1.54) is 0 Å². The normalized spacial score (nSPS) is 21.6. The molecule has 0 aliphatic heterocycles. The molecule has 0 aromatic carbocycles. The molecule has 1 rings (SSSR count). The lowest BCUT2D eigenvalue weighted by molar-refractivity contribution is -0.117. The summed E-state index contributed by atoms with van der Waals surface area (Å²) in [4.78, 5) is 16.8. The largest absolute Gasteiger partial charge is 0.511 e. The van der Waals surface area contributed by atoms with Crippen LogP contribution in [0.15, 0.2) is 16.3 Å². The molecular formula is C16H28N2O2. The van der Waals surface area contributed by atoms with Crippen LogP contribution in [-0.2, 0) is 4.79 Å². The Labute approximate surface area is 122 Å². The monoisotopic (exact) mass is 280 g/mol. The summed E-state index contributed by atoms with van der Waals surface area (Å²) >= 11 is 0. The average Bonchev–Trinajstić information content (AvgIpc) is 2.21. The number of nitrogens with zero attached hydrogens (tertiary/aromatic N) is 1. The van der Waals surface area contributed by atoms with E-state index in [1.54, 1.807) is 0 Å². The van der Waals surface area contributed by atoms with Gasteiger partial charge in [0.1, 0.15) is 5.76 Å². The molecule has 3 N–H and O–H groups in total. The van der Waals surface area contributed by atoms with Crippen LogP contribution in [0.2, 0.25) is 0 Å². The summed E-state index contributed by atoms with van der Waals surface area (Å²) in [5.74, 6) is 0.572. The Hall–Kier alpha value is -1.16. The first kappa shape index (κ1) is 16.9. The van der Waals surface area contributed by atoms with Crippen LogP contribution in [0.3, 0.4) is 0 Å². The van der Waals surface area contributed by atoms with E-state index in [2.05, 4.69) is 18.8 Å². The predicted molar refractivity (Wildman–Crippen MR) is 83.1 cm³/mol. The molecule has 0 saturated heterocycles. The Kier molecular flexibility index (Phi) is 5.51. The average molecular weight is 280 g/mol. The van der Waals surface area contributed by atoms with Crippen molar-refractivity contribution in [1.29, 1.82) is 0 Å². The van der Waals surface area contributed by atoms with Gasteiger partial charge in [0.2, 0.25) is 0 Å². The van der Waals surface area contributed by atoms with Crippen LogP contribution in [-0.4, -0.2) is 29.2 Å². The molecule has 4 heteroatoms. The summed E-state index contributed by atoms with van der Waals surface area (Å²) in [7, 11) is 0. The van der Waals surface area contributed by atoms with Crippen molar-refractivity contribution in [2.75, 3.05) is 6.54 Å². The van der Waals surface area contributed by atoms with Gasteiger partial charge in [-0.15, -0.1) is 0 Å². The lowest BCUT2D eigenvalue weighted by atomic mass is 9.75. The van der Waals surface area contributed by atoms with E-state index >= 15 is 0 Å². The SMILES string of the molecule is CC(C)CC(=NC[C@@H](C)N)C1=C(O)CC(C)(C)CC1=O. The van der Waals surface area contributed by atoms with Crippen LogP contribution in [0.4, 0.5) is 0 Å². The number of ketones is 1. The Morgan fingerprint density at radius 3 is 2.40 bits per heavy atom. The molecule has 0 saturated carbocycles. The molecule has 4 nitrogen and oxygen atoms in total. The van der Waals surface area contributed by atoms with E-state index in [0.29, 0.717) is 37.3 Å². The van der Waals surface area contributed by atoms with Gasteiger partial charge in [0, 0.05) is 24.6 Å². The van der Waals surface area contributed by atoms with Crippen LogP contribution < -0.4 is 5.73 Å². The van der Waals surface area contributed by atoms with Gasteiger partial charge in [-0.3, -0.25) is 9.79 Å². The van der Waals surface area contributed by atoms with Gasteiger partial charge in [-0.1, -0.05) is 27.7 Å². The minimum Gasteiger partial charge on any atom is -0.511 e. The second-order valence-corrected chi connectivity index (χ2v) is 7.13. The molecule has 1 aliphatic rings. The van der Waals surface area contributed by atoms with Gasteiger partial charge in [0.05, 0.1) is 12.1 Å². The maximum absolute atomic E-state index is 12.4. The molecule has 1 atom stereocenters. The first-order valence-electron chi connectivity index (χ1n) is 7.37. The fourth-order valence-corrected chi connectivity index (χ4v) is 2.50. The van der Waals surface area contributed by atoms with E-state index in [9.17, 15) is 9.90 Å². The number of carbonyl (C=O) groups excluding carboxylic acids is 1. The summed E-state index contributed by atoms with van der Waals surface area (Å²) in [5, 5.41) is 10.3. The van der Waals surface area contributed by atoms with Crippen LogP contribution >= 0.6 is 0 Å². The number of Topliss-reactive ketones (excluding diaryl/α,β-unsaturated/α-hetero) is 1. The molecule has 1 aliphatic carbocycles. The van der Waals surface area contributed by atoms with Gasteiger partial charge < -0.3 is 10.8 Å². The van der Waals surface area contributed by atoms with E-state index in [4.69, 9.17) is 5.73 Å². The molecule has 0 spiro atoms. The minimum absolute atomic E-state index is 0.00262. The quantitative estimate of drug-likeness (QED) is 0.760. The van der Waals surface area contributed by atoms with Gasteiger partial charge in [-0.2, -0.15) is 0 Å². The van der Waals surface area contributed by atoms with Gasteiger partial charge in [0.15, 0.2) is 5.78 Å². The van der Waals surface area contributed by atoms with Gasteiger partial charge >= 0.3 is 0 Å². The second kappa shape index (κ2) is 6.53. The van der Waals surface area contributed by atoms with Crippen molar-refractivity contribution >= 4 is 11.5 Å². The Bertz CT molecular complexity index is 432. The van der Waals surface area contributed by atoms with Crippen molar-refractivity contribution in [3.8, 4) is 0 Å². The third-order valence-corrected chi connectivity index (χ3v) is 3.31. The maximum atomic E-state index is 12.4. The van der Waals surface area contributed by atoms with Crippen LogP contribution in [0.5, 0.6) is 0 Å². The zero-order valence-corrected chi connectivity index (χ0v) is 13.4. The summed E-state index contributed by atoms with van der Waals surface area (Å²) in [5.41, 5.74) is 6.73. The molecule has 0 amide bonds. The van der Waals surface area contributed by atoms with Crippen molar-refractivity contribution in [3.05, 3.63) is 11.3 Å². The van der Waals surface area contributed by atoms with Crippen molar-refractivity contribution in [3.63, 3.8) is 0 Å². The first-order valence-corrected chi connectivity index (χ1v) is 7.37. The number of carbonyl (C=O) groups is 1. The second-order valence-electron chi connectivity index (χ2n) is 7.13. The fourth-order valence-electron chi connectivity index (χ4n) is 2.50. The van der Waals surface area contributed by atoms with Crippen LogP contribution in [0, 0.1) is 11.3 Å². The number of hydrogen-bond donors (Lipinski definition) is 2. The number of rotatable bonds is 5. The Morgan fingerprint density at radius 2 is 1.95 bits per heavy atom. The Morgan fingerprint density at radius 1 is 1.35 bits per heavy atom. The maximum Gasteiger partial charge on any atom is 0.168 e. The van der Waals surface area contributed by atoms with Crippen molar-refractivity contribution in [1.82, 2.24) is 0 Å². The van der Waals surface area contributed by atoms with E-state index in [1.807, 2.05) is 20.8 Å². The first-order chi connectivity index (χ1) is 9.12. The number of aliphatic imine (C=N–C) groups is 1. The molecule has 0 fully saturated rings. The number of hydrogen-bond acceptors (Lipinski definition) is 4. The highest BCUT2D eigenvalue weighted by Gasteiger charge is 2.35. The lowest BCUT2D eigenvalue weighted by Gasteiger charge is -2.30. The number of nitrogens with two attached hydrogens (primary N) is 1. The number of allylic oxidation sites excluding steroid dienone is 2. The smallest absolute Gasteiger partial charge is 0.168 e. The molecule has 0 bridgehead atoms. The Balaban J connectivity index is 3.12. The molecule has 0 radical (unpaired) electrons. The minimum atomic E-state index is -0.172. The zero-order valence-electron chi connectivity index (χ0n) is 13.4. The van der Waals surface area contributed by atoms with Crippen LogP contribution in [0.1, 0.15) is 53.9 Å². The summed E-state index contributed by atoms with van der Waals surface area (Å²) < 4.78 is 0. The number of aliphatic hydroxyl groups is 1. The van der Waals surface area contributed by atoms with Crippen molar-refractivity contribution in [2.24, 2.45) is 22.1 Å². The molecule has 114 valence electrons. The van der Waals surface area contributed by atoms with Crippen LogP contribution in [0.25, 0.3) is 0 Å². The topological polar surface area (TPSA) is 75.7 Å². The lowest BCUT2D eigenvalue weighted by Crippen LogP contribution is -2.30. The molecule has 0 aromatic rings. The van der Waals surface area contributed by atoms with E-state index < -0.39 is 0 Å². The molecule has 0 unspecified atom stereocenters. The third kappa shape index (κ3) is 4.75. The van der Waals surface area contributed by atoms with E-state index in [-0.39, 0.29) is 23.0 Å². The number of aliphatic hydroxyl groups excluding tert-OH is 1. The zero-order chi connectivity index (χ0) is 15.5. The highest BCUT2D eigenvalue weighted by atomic mass is 16.3. The highest BCUT2D eigenvalue weighted by Crippen LogP contribution is 2.36. The predicted octanol–water partition coefficient (Wildman–Crippen LogP) is 3.02. The molecule has 20 heavy (non-hydrogen) atoms. The van der Waals surface area contributed by atoms with Gasteiger partial charge in [0.25, 0.3) is 0 Å². The summed E-state index contributed by atoms with van der Waals surface area (Å²) in [6, 6.07) is -0.0463. The summed E-state index contributed by atoms with van der Waals surface area (Å²) in [6.45, 7) is 10.5. The molecule has 0 aromatic heterocycles.